The monoisotopic (exact) mass is 408 g/mol. The van der Waals surface area contributed by atoms with Gasteiger partial charge in [0.1, 0.15) is 11.6 Å². The highest BCUT2D eigenvalue weighted by molar-refractivity contribution is 7.98. The zero-order chi connectivity index (χ0) is 19.2. The van der Waals surface area contributed by atoms with Crippen molar-refractivity contribution in [1.82, 2.24) is 9.55 Å². The van der Waals surface area contributed by atoms with Crippen molar-refractivity contribution >= 4 is 34.4 Å². The molecular formula is C23H21ClN2OS. The summed E-state index contributed by atoms with van der Waals surface area (Å²) in [5, 5.41) is 0.720. The van der Waals surface area contributed by atoms with E-state index in [0.29, 0.717) is 6.61 Å². The largest absolute Gasteiger partial charge is 0.494 e. The average Bonchev–Trinajstić information content (AvgIpc) is 3.09. The van der Waals surface area contributed by atoms with E-state index in [2.05, 4.69) is 47.0 Å². The average molecular weight is 409 g/mol. The molecule has 0 aliphatic carbocycles. The molecule has 0 unspecified atom stereocenters. The maximum atomic E-state index is 5.92. The van der Waals surface area contributed by atoms with Gasteiger partial charge in [0.05, 0.1) is 23.4 Å². The second-order valence-electron chi connectivity index (χ2n) is 6.43. The third-order valence-electron chi connectivity index (χ3n) is 4.45. The van der Waals surface area contributed by atoms with Crippen LogP contribution in [-0.2, 0) is 12.3 Å². The van der Waals surface area contributed by atoms with Crippen molar-refractivity contribution in [3.8, 4) is 5.75 Å². The Morgan fingerprint density at radius 3 is 2.46 bits per heavy atom. The van der Waals surface area contributed by atoms with Crippen LogP contribution in [0, 0.1) is 0 Å². The van der Waals surface area contributed by atoms with Crippen LogP contribution < -0.4 is 4.74 Å². The summed E-state index contributed by atoms with van der Waals surface area (Å²) in [5.41, 5.74) is 2.22. The number of thioether (sulfide) groups is 1. The molecule has 4 rings (SSSR count). The fourth-order valence-electron chi connectivity index (χ4n) is 3.09. The number of hydrogen-bond acceptors (Lipinski definition) is 3. The fourth-order valence-corrected chi connectivity index (χ4v) is 4.08. The van der Waals surface area contributed by atoms with E-state index in [0.717, 1.165) is 40.8 Å². The minimum atomic E-state index is 0.652. The molecule has 0 N–H and O–H groups in total. The highest BCUT2D eigenvalue weighted by atomic mass is 35.5. The first-order valence-corrected chi connectivity index (χ1v) is 10.7. The van der Waals surface area contributed by atoms with Crippen molar-refractivity contribution in [2.24, 2.45) is 0 Å². The molecule has 3 nitrogen and oxygen atoms in total. The van der Waals surface area contributed by atoms with Crippen LogP contribution in [0.3, 0.4) is 0 Å². The van der Waals surface area contributed by atoms with Gasteiger partial charge in [0.15, 0.2) is 0 Å². The Morgan fingerprint density at radius 1 is 0.893 bits per heavy atom. The van der Waals surface area contributed by atoms with E-state index in [9.17, 15) is 0 Å². The Kier molecular flexibility index (Phi) is 6.20. The summed E-state index contributed by atoms with van der Waals surface area (Å²) in [4.78, 5) is 6.12. The van der Waals surface area contributed by atoms with Crippen molar-refractivity contribution < 1.29 is 4.74 Å². The molecule has 0 aliphatic heterocycles. The predicted molar refractivity (Wildman–Crippen MR) is 117 cm³/mol. The van der Waals surface area contributed by atoms with Crippen LogP contribution >= 0.6 is 23.4 Å². The van der Waals surface area contributed by atoms with E-state index in [-0.39, 0.29) is 0 Å². The first-order valence-electron chi connectivity index (χ1n) is 9.30. The van der Waals surface area contributed by atoms with E-state index in [4.69, 9.17) is 21.3 Å². The first-order chi connectivity index (χ1) is 13.8. The van der Waals surface area contributed by atoms with Gasteiger partial charge in [0, 0.05) is 16.5 Å². The molecule has 142 valence electrons. The Hall–Kier alpha value is -2.43. The van der Waals surface area contributed by atoms with Crippen molar-refractivity contribution in [3.05, 3.63) is 89.7 Å². The number of halogens is 1. The smallest absolute Gasteiger partial charge is 0.120 e. The lowest BCUT2D eigenvalue weighted by molar-refractivity contribution is 0.302. The molecule has 1 heterocycles. The second-order valence-corrected chi connectivity index (χ2v) is 7.91. The van der Waals surface area contributed by atoms with Gasteiger partial charge >= 0.3 is 0 Å². The van der Waals surface area contributed by atoms with Crippen molar-refractivity contribution in [1.29, 1.82) is 0 Å². The number of hydrogen-bond donors (Lipinski definition) is 0. The number of nitrogens with zero attached hydrogens (tertiary/aromatic N) is 2. The molecule has 3 aromatic carbocycles. The SMILES string of the molecule is Clc1ccc(OCCCn2c(CSc3ccccc3)nc3ccccc32)cc1. The zero-order valence-electron chi connectivity index (χ0n) is 15.4. The maximum absolute atomic E-state index is 5.92. The van der Waals surface area contributed by atoms with E-state index in [1.807, 2.05) is 48.2 Å². The Labute approximate surface area is 174 Å². The molecule has 0 fully saturated rings. The Bertz CT molecular complexity index is 1030. The third-order valence-corrected chi connectivity index (χ3v) is 5.71. The van der Waals surface area contributed by atoms with Gasteiger partial charge in [0.2, 0.25) is 0 Å². The quantitative estimate of drug-likeness (QED) is 0.247. The summed E-state index contributed by atoms with van der Waals surface area (Å²) in [5.74, 6) is 2.79. The summed E-state index contributed by atoms with van der Waals surface area (Å²) in [6, 6.07) is 26.3. The Balaban J connectivity index is 1.43. The summed E-state index contributed by atoms with van der Waals surface area (Å²) in [6.07, 6.45) is 0.909. The highest BCUT2D eigenvalue weighted by Gasteiger charge is 2.10. The molecule has 4 aromatic rings. The van der Waals surface area contributed by atoms with Gasteiger partial charge < -0.3 is 9.30 Å². The lowest BCUT2D eigenvalue weighted by atomic mass is 10.3. The lowest BCUT2D eigenvalue weighted by Gasteiger charge is -2.10. The number of aryl methyl sites for hydroxylation is 1. The molecule has 0 aliphatic rings. The third kappa shape index (κ3) is 4.70. The van der Waals surface area contributed by atoms with Gasteiger partial charge in [0.25, 0.3) is 0 Å². The van der Waals surface area contributed by atoms with Crippen LogP contribution in [0.4, 0.5) is 0 Å². The van der Waals surface area contributed by atoms with Gasteiger partial charge in [-0.05, 0) is 55.0 Å². The molecule has 28 heavy (non-hydrogen) atoms. The number of rotatable bonds is 8. The van der Waals surface area contributed by atoms with Gasteiger partial charge in [-0.15, -0.1) is 11.8 Å². The summed E-state index contributed by atoms with van der Waals surface area (Å²) in [6.45, 7) is 1.53. The van der Waals surface area contributed by atoms with Crippen molar-refractivity contribution in [2.45, 2.75) is 23.6 Å². The number of fused-ring (bicyclic) bond motifs is 1. The van der Waals surface area contributed by atoms with Crippen LogP contribution in [0.1, 0.15) is 12.2 Å². The molecule has 1 aromatic heterocycles. The molecule has 0 bridgehead atoms. The maximum Gasteiger partial charge on any atom is 0.120 e. The summed E-state index contributed by atoms with van der Waals surface area (Å²) in [7, 11) is 0. The first kappa shape index (κ1) is 18.9. The zero-order valence-corrected chi connectivity index (χ0v) is 17.0. The molecule has 0 saturated heterocycles. The standard InChI is InChI=1S/C23H21ClN2OS/c24-18-11-13-19(14-12-18)27-16-6-15-26-22-10-5-4-9-21(22)25-23(26)17-28-20-7-2-1-3-8-20/h1-5,7-14H,6,15-17H2. The van der Waals surface area contributed by atoms with Gasteiger partial charge in [-0.3, -0.25) is 0 Å². The molecule has 5 heteroatoms. The molecule has 0 atom stereocenters. The van der Waals surface area contributed by atoms with E-state index in [1.54, 1.807) is 0 Å². The number of aromatic nitrogens is 2. The van der Waals surface area contributed by atoms with Crippen LogP contribution in [-0.4, -0.2) is 16.2 Å². The molecule has 0 amide bonds. The number of para-hydroxylation sites is 2. The van der Waals surface area contributed by atoms with Crippen LogP contribution in [0.2, 0.25) is 5.02 Å². The van der Waals surface area contributed by atoms with E-state index in [1.165, 1.54) is 10.4 Å². The minimum absolute atomic E-state index is 0.652. The second kappa shape index (κ2) is 9.18. The lowest BCUT2D eigenvalue weighted by Crippen LogP contribution is -2.07. The normalized spacial score (nSPS) is 11.0. The predicted octanol–water partition coefficient (Wildman–Crippen LogP) is 6.45. The van der Waals surface area contributed by atoms with Crippen LogP contribution in [0.5, 0.6) is 5.75 Å². The van der Waals surface area contributed by atoms with Crippen LogP contribution in [0.25, 0.3) is 11.0 Å². The van der Waals surface area contributed by atoms with E-state index >= 15 is 0 Å². The number of benzene rings is 3. The number of ether oxygens (including phenoxy) is 1. The Morgan fingerprint density at radius 2 is 1.64 bits per heavy atom. The molecule has 0 radical (unpaired) electrons. The minimum Gasteiger partial charge on any atom is -0.494 e. The summed E-state index contributed by atoms with van der Waals surface area (Å²) < 4.78 is 8.16. The summed E-state index contributed by atoms with van der Waals surface area (Å²) >= 11 is 7.73. The molecule has 0 spiro atoms. The molecule has 0 saturated carbocycles. The van der Waals surface area contributed by atoms with Gasteiger partial charge in [-0.25, -0.2) is 4.98 Å². The van der Waals surface area contributed by atoms with Gasteiger partial charge in [-0.2, -0.15) is 0 Å². The number of imidazole rings is 1. The molecular weight excluding hydrogens is 388 g/mol. The highest BCUT2D eigenvalue weighted by Crippen LogP contribution is 2.25. The van der Waals surface area contributed by atoms with Crippen molar-refractivity contribution in [2.75, 3.05) is 6.61 Å². The van der Waals surface area contributed by atoms with E-state index < -0.39 is 0 Å². The topological polar surface area (TPSA) is 27.1 Å². The fraction of sp³-hybridized carbons (Fsp3) is 0.174. The van der Waals surface area contributed by atoms with Crippen molar-refractivity contribution in [3.63, 3.8) is 0 Å². The van der Waals surface area contributed by atoms with Crippen LogP contribution in [0.15, 0.2) is 83.8 Å². The van der Waals surface area contributed by atoms with Gasteiger partial charge in [-0.1, -0.05) is 41.9 Å².